The predicted octanol–water partition coefficient (Wildman–Crippen LogP) is 4.19. The third-order valence-corrected chi connectivity index (χ3v) is 5.64. The third-order valence-electron chi connectivity index (χ3n) is 5.64. The zero-order valence-corrected chi connectivity index (χ0v) is 21.2. The van der Waals surface area contributed by atoms with Crippen LogP contribution in [0.15, 0.2) is 72.2 Å². The standard InChI is InChI=1S/C25H32N6.HI/c1-3-27-25(29-23-12-14-31(18-23)24-10-4-20(2)5-11-24)28-16-21-6-8-22(9-7-21)17-30-15-13-26-19-30;/h4-11,13,15,19,23H,3,12,14,16-18H2,1-2H3,(H2,27,28,29);1H. The Kier molecular flexibility index (Phi) is 8.96. The smallest absolute Gasteiger partial charge is 0.191 e. The number of aromatic nitrogens is 2. The molecule has 2 heterocycles. The van der Waals surface area contributed by atoms with Crippen molar-refractivity contribution >= 4 is 35.6 Å². The molecular formula is C25H33IN6. The van der Waals surface area contributed by atoms with Gasteiger partial charge in [-0.1, -0.05) is 42.0 Å². The minimum Gasteiger partial charge on any atom is -0.369 e. The molecule has 1 saturated heterocycles. The van der Waals surface area contributed by atoms with Crippen LogP contribution in [0.2, 0.25) is 0 Å². The predicted molar refractivity (Wildman–Crippen MR) is 143 cm³/mol. The van der Waals surface area contributed by atoms with Gasteiger partial charge in [0.2, 0.25) is 0 Å². The van der Waals surface area contributed by atoms with Crippen molar-refractivity contribution in [2.24, 2.45) is 4.99 Å². The van der Waals surface area contributed by atoms with Gasteiger partial charge in [-0.3, -0.25) is 0 Å². The average molecular weight is 544 g/mol. The number of nitrogens with zero attached hydrogens (tertiary/aromatic N) is 4. The second-order valence-electron chi connectivity index (χ2n) is 8.16. The number of guanidine groups is 1. The molecule has 4 rings (SSSR count). The van der Waals surface area contributed by atoms with Gasteiger partial charge in [-0.15, -0.1) is 24.0 Å². The Balaban J connectivity index is 0.00000289. The first-order valence-corrected chi connectivity index (χ1v) is 11.1. The van der Waals surface area contributed by atoms with Crippen molar-refractivity contribution < 1.29 is 0 Å². The van der Waals surface area contributed by atoms with Gasteiger partial charge >= 0.3 is 0 Å². The molecular weight excluding hydrogens is 511 g/mol. The second kappa shape index (κ2) is 11.9. The van der Waals surface area contributed by atoms with Crippen molar-refractivity contribution in [1.29, 1.82) is 0 Å². The lowest BCUT2D eigenvalue weighted by Crippen LogP contribution is -2.44. The van der Waals surface area contributed by atoms with Crippen LogP contribution in [0.3, 0.4) is 0 Å². The van der Waals surface area contributed by atoms with E-state index in [1.54, 1.807) is 0 Å². The van der Waals surface area contributed by atoms with Gasteiger partial charge in [-0.2, -0.15) is 0 Å². The molecule has 0 saturated carbocycles. The summed E-state index contributed by atoms with van der Waals surface area (Å²) >= 11 is 0. The lowest BCUT2D eigenvalue weighted by atomic mass is 10.1. The fraction of sp³-hybridized carbons (Fsp3) is 0.360. The molecule has 2 N–H and O–H groups in total. The average Bonchev–Trinajstić information content (AvgIpc) is 3.46. The van der Waals surface area contributed by atoms with Gasteiger partial charge in [0.15, 0.2) is 5.96 Å². The first kappa shape index (κ1) is 24.1. The minimum absolute atomic E-state index is 0. The van der Waals surface area contributed by atoms with E-state index in [4.69, 9.17) is 4.99 Å². The summed E-state index contributed by atoms with van der Waals surface area (Å²) in [4.78, 5) is 11.4. The van der Waals surface area contributed by atoms with Crippen LogP contribution >= 0.6 is 24.0 Å². The lowest BCUT2D eigenvalue weighted by Gasteiger charge is -2.20. The van der Waals surface area contributed by atoms with Gasteiger partial charge in [0.1, 0.15) is 0 Å². The van der Waals surface area contributed by atoms with E-state index in [1.807, 2.05) is 18.7 Å². The van der Waals surface area contributed by atoms with E-state index in [9.17, 15) is 0 Å². The first-order chi connectivity index (χ1) is 15.2. The summed E-state index contributed by atoms with van der Waals surface area (Å²) in [7, 11) is 0. The van der Waals surface area contributed by atoms with E-state index >= 15 is 0 Å². The highest BCUT2D eigenvalue weighted by molar-refractivity contribution is 14.0. The first-order valence-electron chi connectivity index (χ1n) is 11.1. The molecule has 0 bridgehead atoms. The van der Waals surface area contributed by atoms with Crippen molar-refractivity contribution in [3.8, 4) is 0 Å². The number of aryl methyl sites for hydroxylation is 1. The van der Waals surface area contributed by atoms with Crippen molar-refractivity contribution in [3.63, 3.8) is 0 Å². The molecule has 0 amide bonds. The summed E-state index contributed by atoms with van der Waals surface area (Å²) in [6, 6.07) is 17.9. The summed E-state index contributed by atoms with van der Waals surface area (Å²) in [5, 5.41) is 7.02. The Morgan fingerprint density at radius 3 is 2.53 bits per heavy atom. The van der Waals surface area contributed by atoms with Crippen molar-refractivity contribution in [2.75, 3.05) is 24.5 Å². The zero-order valence-electron chi connectivity index (χ0n) is 18.9. The quantitative estimate of drug-likeness (QED) is 0.266. The maximum absolute atomic E-state index is 4.82. The number of nitrogens with one attached hydrogen (secondary N) is 2. The van der Waals surface area contributed by atoms with Gasteiger partial charge in [0.05, 0.1) is 12.9 Å². The maximum atomic E-state index is 4.82. The number of halogens is 1. The lowest BCUT2D eigenvalue weighted by molar-refractivity contribution is 0.649. The summed E-state index contributed by atoms with van der Waals surface area (Å²) in [5.41, 5.74) is 5.07. The molecule has 6 nitrogen and oxygen atoms in total. The third kappa shape index (κ3) is 6.72. The number of anilines is 1. The second-order valence-corrected chi connectivity index (χ2v) is 8.16. The molecule has 7 heteroatoms. The van der Waals surface area contributed by atoms with Crippen LogP contribution < -0.4 is 15.5 Å². The van der Waals surface area contributed by atoms with Crippen molar-refractivity contribution in [1.82, 2.24) is 20.2 Å². The Hall–Kier alpha value is -2.55. The molecule has 3 aromatic rings. The van der Waals surface area contributed by atoms with Crippen LogP contribution in [0, 0.1) is 6.92 Å². The molecule has 2 aromatic carbocycles. The normalized spacial score (nSPS) is 16.0. The Morgan fingerprint density at radius 1 is 1.09 bits per heavy atom. The number of hydrogen-bond donors (Lipinski definition) is 2. The van der Waals surface area contributed by atoms with E-state index in [1.165, 1.54) is 22.4 Å². The van der Waals surface area contributed by atoms with Gasteiger partial charge in [0, 0.05) is 50.3 Å². The van der Waals surface area contributed by atoms with Crippen molar-refractivity contribution in [3.05, 3.63) is 83.9 Å². The zero-order chi connectivity index (χ0) is 21.5. The number of hydrogen-bond acceptors (Lipinski definition) is 3. The van der Waals surface area contributed by atoms with E-state index in [-0.39, 0.29) is 24.0 Å². The Morgan fingerprint density at radius 2 is 1.84 bits per heavy atom. The molecule has 32 heavy (non-hydrogen) atoms. The monoisotopic (exact) mass is 544 g/mol. The highest BCUT2D eigenvalue weighted by atomic mass is 127. The fourth-order valence-corrected chi connectivity index (χ4v) is 3.89. The minimum atomic E-state index is 0. The highest BCUT2D eigenvalue weighted by Crippen LogP contribution is 2.20. The Bertz CT molecular complexity index is 967. The molecule has 1 aromatic heterocycles. The number of aliphatic imine (C=N–C) groups is 1. The number of imidazole rings is 1. The topological polar surface area (TPSA) is 57.5 Å². The molecule has 1 atom stereocenters. The summed E-state index contributed by atoms with van der Waals surface area (Å²) in [5.74, 6) is 0.890. The molecule has 1 aliphatic heterocycles. The summed E-state index contributed by atoms with van der Waals surface area (Å²) in [6.07, 6.45) is 6.75. The van der Waals surface area contributed by atoms with Crippen LogP contribution in [0.4, 0.5) is 5.69 Å². The maximum Gasteiger partial charge on any atom is 0.191 e. The van der Waals surface area contributed by atoms with Crippen molar-refractivity contribution in [2.45, 2.75) is 39.4 Å². The van der Waals surface area contributed by atoms with Crippen LogP contribution in [-0.4, -0.2) is 41.2 Å². The fourth-order valence-electron chi connectivity index (χ4n) is 3.89. The van der Waals surface area contributed by atoms with Gasteiger partial charge in [0.25, 0.3) is 0 Å². The largest absolute Gasteiger partial charge is 0.369 e. The number of benzene rings is 2. The molecule has 0 aliphatic carbocycles. The molecule has 1 aliphatic rings. The summed E-state index contributed by atoms with van der Waals surface area (Å²) < 4.78 is 2.07. The molecule has 1 fully saturated rings. The van der Waals surface area contributed by atoms with E-state index in [0.717, 1.165) is 38.6 Å². The number of rotatable bonds is 7. The van der Waals surface area contributed by atoms with Crippen LogP contribution in [-0.2, 0) is 13.1 Å². The molecule has 0 spiro atoms. The van der Waals surface area contributed by atoms with Gasteiger partial charge < -0.3 is 20.1 Å². The highest BCUT2D eigenvalue weighted by Gasteiger charge is 2.23. The molecule has 1 unspecified atom stereocenters. The van der Waals surface area contributed by atoms with E-state index < -0.39 is 0 Å². The van der Waals surface area contributed by atoms with Crippen LogP contribution in [0.5, 0.6) is 0 Å². The summed E-state index contributed by atoms with van der Waals surface area (Å²) in [6.45, 7) is 8.65. The molecule has 170 valence electrons. The van der Waals surface area contributed by atoms with Crippen LogP contribution in [0.1, 0.15) is 30.0 Å². The molecule has 0 radical (unpaired) electrons. The Labute approximate surface area is 208 Å². The van der Waals surface area contributed by atoms with E-state index in [0.29, 0.717) is 12.6 Å². The van der Waals surface area contributed by atoms with Gasteiger partial charge in [-0.05, 0) is 43.5 Å². The SMILES string of the molecule is CCNC(=NCc1ccc(Cn2ccnc2)cc1)NC1CCN(c2ccc(C)cc2)C1.I. The van der Waals surface area contributed by atoms with E-state index in [2.05, 4.69) is 87.5 Å². The van der Waals surface area contributed by atoms with Crippen LogP contribution in [0.25, 0.3) is 0 Å². The van der Waals surface area contributed by atoms with Gasteiger partial charge in [-0.25, -0.2) is 9.98 Å².